The summed E-state index contributed by atoms with van der Waals surface area (Å²) in [4.78, 5) is 4.39. The van der Waals surface area contributed by atoms with Crippen LogP contribution in [-0.2, 0) is 6.54 Å². The average Bonchev–Trinajstić information content (AvgIpc) is 2.37. The number of halogens is 1. The maximum atomic E-state index is 5.12. The molecule has 1 N–H and O–H groups in total. The minimum Gasteiger partial charge on any atom is -0.481 e. The lowest BCUT2D eigenvalue weighted by atomic mass is 10.1. The second-order valence-corrected chi connectivity index (χ2v) is 5.36. The lowest BCUT2D eigenvalue weighted by Crippen LogP contribution is -2.05. The summed E-state index contributed by atoms with van der Waals surface area (Å²) in [6.45, 7) is 4.87. The highest BCUT2D eigenvalue weighted by Crippen LogP contribution is 2.25. The maximum Gasteiger partial charge on any atom is 0.213 e. The topological polar surface area (TPSA) is 34.1 Å². The lowest BCUT2D eigenvalue weighted by Gasteiger charge is -2.13. The third-order valence-corrected chi connectivity index (χ3v) is 3.39. The predicted octanol–water partition coefficient (Wildman–Crippen LogP) is 4.08. The fraction of sp³-hybridized carbons (Fsp3) is 0.267. The van der Waals surface area contributed by atoms with Crippen molar-refractivity contribution in [3.8, 4) is 5.88 Å². The van der Waals surface area contributed by atoms with Crippen LogP contribution < -0.4 is 10.1 Å². The zero-order valence-electron chi connectivity index (χ0n) is 11.3. The average molecular weight is 321 g/mol. The molecular weight excluding hydrogens is 304 g/mol. The van der Waals surface area contributed by atoms with Crippen LogP contribution in [0.15, 0.2) is 34.8 Å². The highest BCUT2D eigenvalue weighted by Gasteiger charge is 2.05. The summed E-state index contributed by atoms with van der Waals surface area (Å²) in [5.74, 6) is 0.642. The van der Waals surface area contributed by atoms with Crippen molar-refractivity contribution < 1.29 is 4.74 Å². The van der Waals surface area contributed by atoms with Crippen molar-refractivity contribution in [2.45, 2.75) is 20.4 Å². The van der Waals surface area contributed by atoms with Crippen molar-refractivity contribution in [3.63, 3.8) is 0 Å². The van der Waals surface area contributed by atoms with Gasteiger partial charge in [0.2, 0.25) is 5.88 Å². The number of hydrogen-bond donors (Lipinski definition) is 1. The van der Waals surface area contributed by atoms with E-state index in [0.29, 0.717) is 12.4 Å². The number of anilines is 1. The molecular formula is C15H17BrN2O. The predicted molar refractivity (Wildman–Crippen MR) is 81.7 cm³/mol. The maximum absolute atomic E-state index is 5.12. The first-order chi connectivity index (χ1) is 9.10. The van der Waals surface area contributed by atoms with E-state index in [0.717, 1.165) is 15.9 Å². The summed E-state index contributed by atoms with van der Waals surface area (Å²) >= 11 is 3.51. The third kappa shape index (κ3) is 3.47. The van der Waals surface area contributed by atoms with Crippen LogP contribution in [0.5, 0.6) is 5.88 Å². The molecule has 0 saturated carbocycles. The van der Waals surface area contributed by atoms with Gasteiger partial charge in [0.25, 0.3) is 0 Å². The van der Waals surface area contributed by atoms with Gasteiger partial charge in [-0.1, -0.05) is 22.0 Å². The molecule has 2 aromatic rings. The van der Waals surface area contributed by atoms with E-state index in [2.05, 4.69) is 52.2 Å². The molecule has 0 spiro atoms. The van der Waals surface area contributed by atoms with E-state index in [1.165, 1.54) is 11.1 Å². The first kappa shape index (κ1) is 13.9. The van der Waals surface area contributed by atoms with Crippen LogP contribution in [0, 0.1) is 13.8 Å². The van der Waals surface area contributed by atoms with Crippen LogP contribution in [0.25, 0.3) is 0 Å². The van der Waals surface area contributed by atoms with E-state index < -0.39 is 0 Å². The van der Waals surface area contributed by atoms with Crippen molar-refractivity contribution in [2.24, 2.45) is 0 Å². The Morgan fingerprint density at radius 3 is 2.53 bits per heavy atom. The van der Waals surface area contributed by atoms with Gasteiger partial charge in [-0.2, -0.15) is 0 Å². The molecule has 0 bridgehead atoms. The number of pyridine rings is 1. The molecule has 1 aromatic carbocycles. The van der Waals surface area contributed by atoms with E-state index in [-0.39, 0.29) is 0 Å². The van der Waals surface area contributed by atoms with Crippen molar-refractivity contribution in [2.75, 3.05) is 12.4 Å². The summed E-state index contributed by atoms with van der Waals surface area (Å²) in [5.41, 5.74) is 4.55. The summed E-state index contributed by atoms with van der Waals surface area (Å²) in [6, 6.07) is 9.99. The molecule has 2 rings (SSSR count). The van der Waals surface area contributed by atoms with Crippen molar-refractivity contribution in [1.82, 2.24) is 4.98 Å². The molecule has 0 aliphatic rings. The molecule has 4 heteroatoms. The zero-order chi connectivity index (χ0) is 13.8. The Labute approximate surface area is 122 Å². The highest BCUT2D eigenvalue weighted by molar-refractivity contribution is 9.10. The van der Waals surface area contributed by atoms with Crippen molar-refractivity contribution in [1.29, 1.82) is 0 Å². The molecule has 3 nitrogen and oxygen atoms in total. The van der Waals surface area contributed by atoms with E-state index in [4.69, 9.17) is 4.74 Å². The SMILES string of the molecule is COc1cccc(CNc2c(C)cc(Br)cc2C)n1. The van der Waals surface area contributed by atoms with Crippen LogP contribution >= 0.6 is 15.9 Å². The number of nitrogens with zero attached hydrogens (tertiary/aromatic N) is 1. The summed E-state index contributed by atoms with van der Waals surface area (Å²) in [5, 5.41) is 3.44. The van der Waals surface area contributed by atoms with Gasteiger partial charge in [-0.15, -0.1) is 0 Å². The lowest BCUT2D eigenvalue weighted by molar-refractivity contribution is 0.396. The van der Waals surface area contributed by atoms with Crippen LogP contribution in [0.2, 0.25) is 0 Å². The molecule has 100 valence electrons. The molecule has 0 unspecified atom stereocenters. The van der Waals surface area contributed by atoms with Crippen LogP contribution in [-0.4, -0.2) is 12.1 Å². The molecule has 1 aromatic heterocycles. The van der Waals surface area contributed by atoms with Gasteiger partial charge in [0.05, 0.1) is 19.3 Å². The molecule has 19 heavy (non-hydrogen) atoms. The molecule has 0 radical (unpaired) electrons. The number of ether oxygens (including phenoxy) is 1. The monoisotopic (exact) mass is 320 g/mol. The molecule has 1 heterocycles. The smallest absolute Gasteiger partial charge is 0.213 e. The van der Waals surface area contributed by atoms with Gasteiger partial charge in [0.15, 0.2) is 0 Å². The number of rotatable bonds is 4. The number of hydrogen-bond acceptors (Lipinski definition) is 3. The second kappa shape index (κ2) is 6.06. The Morgan fingerprint density at radius 1 is 1.21 bits per heavy atom. The zero-order valence-corrected chi connectivity index (χ0v) is 12.9. The Bertz CT molecular complexity index is 561. The summed E-state index contributed by atoms with van der Waals surface area (Å²) in [7, 11) is 1.63. The normalized spacial score (nSPS) is 10.3. The molecule has 0 fully saturated rings. The molecule has 0 saturated heterocycles. The van der Waals surface area contributed by atoms with E-state index in [1.807, 2.05) is 18.2 Å². The molecule has 0 aliphatic heterocycles. The number of aromatic nitrogens is 1. The molecule has 0 atom stereocenters. The quantitative estimate of drug-likeness (QED) is 0.921. The number of nitrogens with one attached hydrogen (secondary N) is 1. The fourth-order valence-corrected chi connectivity index (χ4v) is 2.72. The van der Waals surface area contributed by atoms with E-state index in [9.17, 15) is 0 Å². The van der Waals surface area contributed by atoms with Crippen LogP contribution in [0.3, 0.4) is 0 Å². The van der Waals surface area contributed by atoms with Crippen molar-refractivity contribution in [3.05, 3.63) is 51.6 Å². The largest absolute Gasteiger partial charge is 0.481 e. The number of aryl methyl sites for hydroxylation is 2. The molecule has 0 aliphatic carbocycles. The van der Waals surface area contributed by atoms with Gasteiger partial charge in [-0.05, 0) is 43.2 Å². The van der Waals surface area contributed by atoms with Crippen LogP contribution in [0.1, 0.15) is 16.8 Å². The summed E-state index contributed by atoms with van der Waals surface area (Å²) < 4.78 is 6.23. The standard InChI is InChI=1S/C15H17BrN2O/c1-10-7-12(16)8-11(2)15(10)17-9-13-5-4-6-14(18-13)19-3/h4-8,17H,9H2,1-3H3. The Hall–Kier alpha value is -1.55. The first-order valence-electron chi connectivity index (χ1n) is 6.10. The summed E-state index contributed by atoms with van der Waals surface area (Å²) in [6.07, 6.45) is 0. The van der Waals surface area contributed by atoms with E-state index in [1.54, 1.807) is 7.11 Å². The molecule has 0 amide bonds. The third-order valence-electron chi connectivity index (χ3n) is 2.93. The van der Waals surface area contributed by atoms with Gasteiger partial charge >= 0.3 is 0 Å². The van der Waals surface area contributed by atoms with Gasteiger partial charge in [0, 0.05) is 16.2 Å². The van der Waals surface area contributed by atoms with Gasteiger partial charge < -0.3 is 10.1 Å². The minimum atomic E-state index is 0.642. The first-order valence-corrected chi connectivity index (χ1v) is 6.90. The Morgan fingerprint density at radius 2 is 1.89 bits per heavy atom. The minimum absolute atomic E-state index is 0.642. The Balaban J connectivity index is 2.14. The second-order valence-electron chi connectivity index (χ2n) is 4.44. The van der Waals surface area contributed by atoms with Gasteiger partial charge in [0.1, 0.15) is 0 Å². The number of benzene rings is 1. The van der Waals surface area contributed by atoms with Gasteiger partial charge in [-0.3, -0.25) is 0 Å². The van der Waals surface area contributed by atoms with Crippen LogP contribution in [0.4, 0.5) is 5.69 Å². The number of methoxy groups -OCH3 is 1. The highest BCUT2D eigenvalue weighted by atomic mass is 79.9. The van der Waals surface area contributed by atoms with Gasteiger partial charge in [-0.25, -0.2) is 4.98 Å². The van der Waals surface area contributed by atoms with E-state index >= 15 is 0 Å². The fourth-order valence-electron chi connectivity index (χ4n) is 2.04. The van der Waals surface area contributed by atoms with Crippen molar-refractivity contribution >= 4 is 21.6 Å². The Kier molecular flexibility index (Phi) is 4.43.